The summed E-state index contributed by atoms with van der Waals surface area (Å²) in [6, 6.07) is 12.4. The van der Waals surface area contributed by atoms with E-state index in [1.165, 1.54) is 6.21 Å². The SMILES string of the molecule is CCOc1cc(/C=N\NC(=O)C(=O)NC[C@@H]2CCCO2)ccc1OCC(=O)Nc1ccc(C)cc1. The Hall–Kier alpha value is -3.92. The average Bonchev–Trinajstić information content (AvgIpc) is 3.37. The molecule has 2 aromatic rings. The van der Waals surface area contributed by atoms with Gasteiger partial charge in [-0.3, -0.25) is 14.4 Å². The molecule has 0 aromatic heterocycles. The molecule has 0 unspecified atom stereocenters. The Morgan fingerprint density at radius 3 is 2.60 bits per heavy atom. The van der Waals surface area contributed by atoms with E-state index in [2.05, 4.69) is 21.2 Å². The molecule has 1 fully saturated rings. The Morgan fingerprint density at radius 2 is 1.89 bits per heavy atom. The normalized spacial score (nSPS) is 15.0. The lowest BCUT2D eigenvalue weighted by Crippen LogP contribution is -2.41. The quantitative estimate of drug-likeness (QED) is 0.271. The molecule has 0 aliphatic carbocycles. The van der Waals surface area contributed by atoms with Crippen molar-refractivity contribution in [1.82, 2.24) is 10.7 Å². The van der Waals surface area contributed by atoms with Gasteiger partial charge in [-0.05, 0) is 62.6 Å². The van der Waals surface area contributed by atoms with Crippen molar-refractivity contribution in [1.29, 1.82) is 0 Å². The van der Waals surface area contributed by atoms with Crippen LogP contribution >= 0.6 is 0 Å². The molecule has 0 spiro atoms. The third-order valence-electron chi connectivity index (χ3n) is 5.06. The van der Waals surface area contributed by atoms with Gasteiger partial charge in [0.05, 0.1) is 18.9 Å². The van der Waals surface area contributed by atoms with Crippen LogP contribution in [-0.4, -0.2) is 56.4 Å². The van der Waals surface area contributed by atoms with E-state index in [9.17, 15) is 14.4 Å². The highest BCUT2D eigenvalue weighted by Gasteiger charge is 2.19. The summed E-state index contributed by atoms with van der Waals surface area (Å²) in [4.78, 5) is 36.0. The first-order chi connectivity index (χ1) is 16.9. The third kappa shape index (κ3) is 8.42. The maximum atomic E-state index is 12.2. The zero-order chi connectivity index (χ0) is 25.0. The van der Waals surface area contributed by atoms with Gasteiger partial charge in [-0.25, -0.2) is 5.43 Å². The summed E-state index contributed by atoms with van der Waals surface area (Å²) >= 11 is 0. The highest BCUT2D eigenvalue weighted by molar-refractivity contribution is 6.35. The van der Waals surface area contributed by atoms with Crippen LogP contribution in [0.15, 0.2) is 47.6 Å². The summed E-state index contributed by atoms with van der Waals surface area (Å²) in [6.45, 7) is 4.94. The number of hydrazone groups is 1. The molecule has 1 saturated heterocycles. The second-order valence-electron chi connectivity index (χ2n) is 7.89. The summed E-state index contributed by atoms with van der Waals surface area (Å²) in [7, 11) is 0. The maximum absolute atomic E-state index is 12.2. The molecule has 1 heterocycles. The van der Waals surface area contributed by atoms with Crippen molar-refractivity contribution < 1.29 is 28.6 Å². The van der Waals surface area contributed by atoms with Gasteiger partial charge in [0.15, 0.2) is 18.1 Å². The predicted molar refractivity (Wildman–Crippen MR) is 131 cm³/mol. The molecule has 35 heavy (non-hydrogen) atoms. The van der Waals surface area contributed by atoms with Gasteiger partial charge in [0.2, 0.25) is 0 Å². The first-order valence-electron chi connectivity index (χ1n) is 11.4. The number of carbonyl (C=O) groups is 3. The van der Waals surface area contributed by atoms with Gasteiger partial charge in [0.25, 0.3) is 5.91 Å². The van der Waals surface area contributed by atoms with Crippen LogP contribution in [0.2, 0.25) is 0 Å². The number of rotatable bonds is 10. The van der Waals surface area contributed by atoms with E-state index in [-0.39, 0.29) is 25.2 Å². The van der Waals surface area contributed by atoms with Crippen LogP contribution in [0, 0.1) is 6.92 Å². The molecule has 10 nitrogen and oxygen atoms in total. The summed E-state index contributed by atoms with van der Waals surface area (Å²) < 4.78 is 16.6. The summed E-state index contributed by atoms with van der Waals surface area (Å²) in [5.41, 5.74) is 4.58. The number of nitrogens with one attached hydrogen (secondary N) is 3. The standard InChI is InChI=1S/C25H30N4O6/c1-3-33-22-13-18(14-27-29-25(32)24(31)26-15-20-5-4-12-34-20)8-11-21(22)35-16-23(30)28-19-9-6-17(2)7-10-19/h6-11,13-14,20H,3-5,12,15-16H2,1-2H3,(H,26,31)(H,28,30)(H,29,32)/b27-14-/t20-/m0/s1. The zero-order valence-electron chi connectivity index (χ0n) is 19.8. The highest BCUT2D eigenvalue weighted by atomic mass is 16.5. The van der Waals surface area contributed by atoms with Crippen LogP contribution in [0.3, 0.4) is 0 Å². The number of ether oxygens (including phenoxy) is 3. The van der Waals surface area contributed by atoms with Crippen LogP contribution in [0.25, 0.3) is 0 Å². The Bertz CT molecular complexity index is 1050. The number of anilines is 1. The van der Waals surface area contributed by atoms with E-state index in [4.69, 9.17) is 14.2 Å². The van der Waals surface area contributed by atoms with E-state index in [1.54, 1.807) is 18.2 Å². The second kappa shape index (κ2) is 13.1. The van der Waals surface area contributed by atoms with Crippen LogP contribution in [0.1, 0.15) is 30.9 Å². The topological polar surface area (TPSA) is 127 Å². The van der Waals surface area contributed by atoms with Gasteiger partial charge in [0.1, 0.15) is 0 Å². The van der Waals surface area contributed by atoms with Crippen molar-refractivity contribution in [2.45, 2.75) is 32.8 Å². The van der Waals surface area contributed by atoms with Gasteiger partial charge < -0.3 is 24.8 Å². The minimum absolute atomic E-state index is 0.0540. The molecule has 1 aliphatic heterocycles. The van der Waals surface area contributed by atoms with E-state index in [0.717, 1.165) is 18.4 Å². The predicted octanol–water partition coefficient (Wildman–Crippen LogP) is 2.16. The Morgan fingerprint density at radius 1 is 1.09 bits per heavy atom. The van der Waals surface area contributed by atoms with E-state index >= 15 is 0 Å². The van der Waals surface area contributed by atoms with Crippen molar-refractivity contribution in [3.05, 3.63) is 53.6 Å². The van der Waals surface area contributed by atoms with Crippen LogP contribution in [0.4, 0.5) is 5.69 Å². The number of aryl methyl sites for hydroxylation is 1. The van der Waals surface area contributed by atoms with Gasteiger partial charge in [-0.15, -0.1) is 0 Å². The van der Waals surface area contributed by atoms with E-state index in [0.29, 0.717) is 36.0 Å². The molecule has 1 aliphatic rings. The van der Waals surface area contributed by atoms with Crippen LogP contribution in [0.5, 0.6) is 11.5 Å². The molecule has 186 valence electrons. The molecule has 0 saturated carbocycles. The van der Waals surface area contributed by atoms with Crippen molar-refractivity contribution in [3.8, 4) is 11.5 Å². The molecule has 1 atom stereocenters. The smallest absolute Gasteiger partial charge is 0.329 e. The number of amides is 3. The molecular weight excluding hydrogens is 452 g/mol. The second-order valence-corrected chi connectivity index (χ2v) is 7.89. The fourth-order valence-electron chi connectivity index (χ4n) is 3.28. The lowest BCUT2D eigenvalue weighted by molar-refractivity contribution is -0.139. The summed E-state index contributed by atoms with van der Waals surface area (Å²) in [5, 5.41) is 9.12. The maximum Gasteiger partial charge on any atom is 0.329 e. The molecule has 0 radical (unpaired) electrons. The Balaban J connectivity index is 1.50. The number of carbonyl (C=O) groups excluding carboxylic acids is 3. The molecule has 3 amide bonds. The number of hydrogen-bond donors (Lipinski definition) is 3. The van der Waals surface area contributed by atoms with Gasteiger partial charge in [-0.1, -0.05) is 17.7 Å². The first-order valence-corrected chi connectivity index (χ1v) is 11.4. The van der Waals surface area contributed by atoms with Gasteiger partial charge >= 0.3 is 11.8 Å². The van der Waals surface area contributed by atoms with E-state index in [1.807, 2.05) is 38.1 Å². The van der Waals surface area contributed by atoms with Gasteiger partial charge in [-0.2, -0.15) is 5.10 Å². The first kappa shape index (κ1) is 25.7. The van der Waals surface area contributed by atoms with Gasteiger partial charge in [0, 0.05) is 18.8 Å². The fourth-order valence-corrected chi connectivity index (χ4v) is 3.28. The number of nitrogens with zero attached hydrogens (tertiary/aromatic N) is 1. The lowest BCUT2D eigenvalue weighted by Gasteiger charge is -2.13. The molecule has 3 rings (SSSR count). The Kier molecular flexibility index (Phi) is 9.61. The van der Waals surface area contributed by atoms with Crippen LogP contribution < -0.4 is 25.5 Å². The zero-order valence-corrected chi connectivity index (χ0v) is 19.8. The van der Waals surface area contributed by atoms with Crippen molar-refractivity contribution >= 4 is 29.6 Å². The molecular formula is C25H30N4O6. The monoisotopic (exact) mass is 482 g/mol. The van der Waals surface area contributed by atoms with Crippen LogP contribution in [-0.2, 0) is 19.1 Å². The minimum Gasteiger partial charge on any atom is -0.490 e. The largest absolute Gasteiger partial charge is 0.490 e. The van der Waals surface area contributed by atoms with E-state index < -0.39 is 11.8 Å². The van der Waals surface area contributed by atoms with Crippen molar-refractivity contribution in [3.63, 3.8) is 0 Å². The Labute approximate surface area is 204 Å². The highest BCUT2D eigenvalue weighted by Crippen LogP contribution is 2.28. The number of benzene rings is 2. The average molecular weight is 483 g/mol. The summed E-state index contributed by atoms with van der Waals surface area (Å²) in [5.74, 6) is -1.15. The van der Waals surface area contributed by atoms with Crippen molar-refractivity contribution in [2.75, 3.05) is 31.7 Å². The molecule has 3 N–H and O–H groups in total. The fraction of sp³-hybridized carbons (Fsp3) is 0.360. The molecule has 2 aromatic carbocycles. The summed E-state index contributed by atoms with van der Waals surface area (Å²) in [6.07, 6.45) is 3.13. The molecule has 0 bridgehead atoms. The van der Waals surface area contributed by atoms with Crippen molar-refractivity contribution in [2.24, 2.45) is 5.10 Å². The minimum atomic E-state index is -0.871. The number of hydrogen-bond acceptors (Lipinski definition) is 7. The third-order valence-corrected chi connectivity index (χ3v) is 5.06. The molecule has 10 heteroatoms. The lowest BCUT2D eigenvalue weighted by atomic mass is 10.2.